The number of amides is 1. The Kier molecular flexibility index (Phi) is 4.46. The molecule has 1 amide bonds. The number of hydrogen-bond acceptors (Lipinski definition) is 4. The summed E-state index contributed by atoms with van der Waals surface area (Å²) in [4.78, 5) is 12.0. The van der Waals surface area contributed by atoms with Gasteiger partial charge in [0.05, 0.1) is 11.5 Å². The van der Waals surface area contributed by atoms with Crippen LogP contribution in [-0.2, 0) is 19.6 Å². The molecule has 7 heteroatoms. The monoisotopic (exact) mass is 310 g/mol. The molecule has 114 valence electrons. The van der Waals surface area contributed by atoms with Crippen molar-refractivity contribution in [3.63, 3.8) is 0 Å². The largest absolute Gasteiger partial charge is 0.383 e. The zero-order valence-electron chi connectivity index (χ0n) is 12.2. The standard InChI is InChI=1S/C14H18N2O4S/c1-9(2)13-11-8-10(4-5-12(11)16-14(13)17)21(18,19)15-6-7-20-3/h4-5,8,15H,6-7H2,1-3H3,(H,16,17). The Morgan fingerprint density at radius 3 is 2.67 bits per heavy atom. The molecule has 21 heavy (non-hydrogen) atoms. The zero-order valence-corrected chi connectivity index (χ0v) is 13.0. The van der Waals surface area contributed by atoms with Gasteiger partial charge in [-0.2, -0.15) is 0 Å². The molecule has 1 aliphatic heterocycles. The van der Waals surface area contributed by atoms with E-state index in [1.165, 1.54) is 19.2 Å². The highest BCUT2D eigenvalue weighted by molar-refractivity contribution is 7.89. The highest BCUT2D eigenvalue weighted by atomic mass is 32.2. The first-order valence-electron chi connectivity index (χ1n) is 6.48. The normalized spacial score (nSPS) is 14.0. The van der Waals surface area contributed by atoms with E-state index in [1.54, 1.807) is 6.07 Å². The molecule has 0 bridgehead atoms. The number of anilines is 1. The molecule has 6 nitrogen and oxygen atoms in total. The molecule has 0 aromatic heterocycles. The van der Waals surface area contributed by atoms with Crippen molar-refractivity contribution in [2.75, 3.05) is 25.6 Å². The molecule has 0 unspecified atom stereocenters. The third kappa shape index (κ3) is 3.15. The third-order valence-electron chi connectivity index (χ3n) is 3.14. The summed E-state index contributed by atoms with van der Waals surface area (Å²) in [6, 6.07) is 4.60. The van der Waals surface area contributed by atoms with Crippen LogP contribution in [0, 0.1) is 0 Å². The first-order valence-corrected chi connectivity index (χ1v) is 7.97. The maximum absolute atomic E-state index is 12.2. The molecule has 0 saturated carbocycles. The van der Waals surface area contributed by atoms with Crippen molar-refractivity contribution in [2.45, 2.75) is 18.7 Å². The van der Waals surface area contributed by atoms with E-state index in [2.05, 4.69) is 10.0 Å². The molecule has 1 aromatic carbocycles. The van der Waals surface area contributed by atoms with Crippen LogP contribution in [-0.4, -0.2) is 34.6 Å². The van der Waals surface area contributed by atoms with Crippen LogP contribution >= 0.6 is 0 Å². The lowest BCUT2D eigenvalue weighted by Gasteiger charge is -2.08. The first kappa shape index (κ1) is 15.7. The molecule has 0 spiro atoms. The van der Waals surface area contributed by atoms with Gasteiger partial charge < -0.3 is 10.1 Å². The number of hydrogen-bond donors (Lipinski definition) is 2. The lowest BCUT2D eigenvalue weighted by molar-refractivity contribution is -0.110. The summed E-state index contributed by atoms with van der Waals surface area (Å²) >= 11 is 0. The number of sulfonamides is 1. The van der Waals surface area contributed by atoms with Gasteiger partial charge in [-0.05, 0) is 32.0 Å². The summed E-state index contributed by atoms with van der Waals surface area (Å²) in [6.07, 6.45) is 0. The average Bonchev–Trinajstić information content (AvgIpc) is 2.73. The average molecular weight is 310 g/mol. The van der Waals surface area contributed by atoms with Crippen LogP contribution in [0.2, 0.25) is 0 Å². The molecule has 2 rings (SSSR count). The van der Waals surface area contributed by atoms with E-state index in [0.717, 1.165) is 5.57 Å². The number of ether oxygens (including phenoxy) is 1. The topological polar surface area (TPSA) is 84.5 Å². The summed E-state index contributed by atoms with van der Waals surface area (Å²) in [6.45, 7) is 4.14. The minimum absolute atomic E-state index is 0.132. The van der Waals surface area contributed by atoms with Crippen molar-refractivity contribution in [3.8, 4) is 0 Å². The van der Waals surface area contributed by atoms with Gasteiger partial charge in [0.2, 0.25) is 10.0 Å². The quantitative estimate of drug-likeness (QED) is 0.635. The fourth-order valence-electron chi connectivity index (χ4n) is 2.17. The first-order chi connectivity index (χ1) is 9.86. The van der Waals surface area contributed by atoms with Crippen LogP contribution in [0.25, 0.3) is 5.57 Å². The van der Waals surface area contributed by atoms with Crippen LogP contribution in [0.1, 0.15) is 19.4 Å². The van der Waals surface area contributed by atoms with Gasteiger partial charge >= 0.3 is 0 Å². The van der Waals surface area contributed by atoms with Crippen LogP contribution in [0.3, 0.4) is 0 Å². The van der Waals surface area contributed by atoms with Crippen molar-refractivity contribution in [2.24, 2.45) is 0 Å². The van der Waals surface area contributed by atoms with E-state index in [9.17, 15) is 13.2 Å². The van der Waals surface area contributed by atoms with Crippen LogP contribution in [0.4, 0.5) is 5.69 Å². The van der Waals surface area contributed by atoms with Gasteiger partial charge in [0.15, 0.2) is 0 Å². The van der Waals surface area contributed by atoms with Gasteiger partial charge in [-0.25, -0.2) is 13.1 Å². The van der Waals surface area contributed by atoms with Crippen molar-refractivity contribution >= 4 is 27.2 Å². The number of benzene rings is 1. The SMILES string of the molecule is COCCNS(=O)(=O)c1ccc2c(c1)C(=C(C)C)C(=O)N2. The number of rotatable bonds is 5. The third-order valence-corrected chi connectivity index (χ3v) is 4.60. The Bertz CT molecular complexity index is 704. The van der Waals surface area contributed by atoms with Crippen LogP contribution < -0.4 is 10.0 Å². The zero-order chi connectivity index (χ0) is 15.6. The van der Waals surface area contributed by atoms with E-state index in [4.69, 9.17) is 4.74 Å². The molecule has 0 saturated heterocycles. The number of nitrogens with one attached hydrogen (secondary N) is 2. The van der Waals surface area contributed by atoms with E-state index < -0.39 is 10.0 Å². The van der Waals surface area contributed by atoms with E-state index in [0.29, 0.717) is 23.4 Å². The predicted molar refractivity (Wildman–Crippen MR) is 80.4 cm³/mol. The van der Waals surface area contributed by atoms with E-state index >= 15 is 0 Å². The summed E-state index contributed by atoms with van der Waals surface area (Å²) in [5.74, 6) is -0.202. The van der Waals surface area contributed by atoms with Gasteiger partial charge in [0, 0.05) is 30.5 Å². The Hall–Kier alpha value is -1.70. The lowest BCUT2D eigenvalue weighted by Crippen LogP contribution is -2.27. The van der Waals surface area contributed by atoms with Crippen LogP contribution in [0.5, 0.6) is 0 Å². The number of methoxy groups -OCH3 is 1. The molecule has 0 aliphatic carbocycles. The van der Waals surface area contributed by atoms with Crippen LogP contribution in [0.15, 0.2) is 28.7 Å². The summed E-state index contributed by atoms with van der Waals surface area (Å²) in [7, 11) is -2.11. The Morgan fingerprint density at radius 2 is 2.05 bits per heavy atom. The summed E-state index contributed by atoms with van der Waals surface area (Å²) < 4.78 is 31.6. The van der Waals surface area contributed by atoms with Gasteiger partial charge in [0.25, 0.3) is 5.91 Å². The van der Waals surface area contributed by atoms with Crippen molar-refractivity contribution in [1.82, 2.24) is 4.72 Å². The molecule has 0 atom stereocenters. The smallest absolute Gasteiger partial charge is 0.256 e. The molecule has 0 radical (unpaired) electrons. The van der Waals surface area contributed by atoms with Crippen molar-refractivity contribution in [1.29, 1.82) is 0 Å². The Balaban J connectivity index is 2.39. The molecule has 2 N–H and O–H groups in total. The number of allylic oxidation sites excluding steroid dienone is 1. The number of fused-ring (bicyclic) bond motifs is 1. The molecule has 1 aromatic rings. The minimum atomic E-state index is -3.61. The number of carbonyl (C=O) groups excluding carboxylic acids is 1. The second-order valence-corrected chi connectivity index (χ2v) is 6.69. The lowest BCUT2D eigenvalue weighted by atomic mass is 10.0. The molecule has 1 heterocycles. The molecule has 0 fully saturated rings. The Morgan fingerprint density at radius 1 is 1.33 bits per heavy atom. The van der Waals surface area contributed by atoms with Gasteiger partial charge in [-0.15, -0.1) is 0 Å². The molecular formula is C14H18N2O4S. The van der Waals surface area contributed by atoms with Gasteiger partial charge in [-0.1, -0.05) is 5.57 Å². The van der Waals surface area contributed by atoms with Crippen molar-refractivity contribution in [3.05, 3.63) is 29.3 Å². The van der Waals surface area contributed by atoms with Crippen molar-refractivity contribution < 1.29 is 17.9 Å². The fraction of sp³-hybridized carbons (Fsp3) is 0.357. The second kappa shape index (κ2) is 5.97. The summed E-state index contributed by atoms with van der Waals surface area (Å²) in [5.41, 5.74) is 2.62. The second-order valence-electron chi connectivity index (χ2n) is 4.93. The van der Waals surface area contributed by atoms with Gasteiger partial charge in [0.1, 0.15) is 0 Å². The molecule has 1 aliphatic rings. The highest BCUT2D eigenvalue weighted by Crippen LogP contribution is 2.35. The molecular weight excluding hydrogens is 292 g/mol. The highest BCUT2D eigenvalue weighted by Gasteiger charge is 2.27. The maximum Gasteiger partial charge on any atom is 0.256 e. The van der Waals surface area contributed by atoms with E-state index in [1.807, 2.05) is 13.8 Å². The minimum Gasteiger partial charge on any atom is -0.383 e. The van der Waals surface area contributed by atoms with E-state index in [-0.39, 0.29) is 17.3 Å². The maximum atomic E-state index is 12.2. The summed E-state index contributed by atoms with van der Waals surface area (Å²) in [5, 5.41) is 2.73. The predicted octanol–water partition coefficient (Wildman–Crippen LogP) is 1.36. The number of carbonyl (C=O) groups is 1. The van der Waals surface area contributed by atoms with Gasteiger partial charge in [-0.3, -0.25) is 4.79 Å². The Labute approximate surface area is 124 Å². The fourth-order valence-corrected chi connectivity index (χ4v) is 3.21.